The Hall–Kier alpha value is -9.32. The van der Waals surface area contributed by atoms with E-state index in [1.54, 1.807) is 0 Å². The van der Waals surface area contributed by atoms with E-state index < -0.39 is 0 Å². The van der Waals surface area contributed by atoms with Crippen LogP contribution >= 0.6 is 22.7 Å². The lowest BCUT2D eigenvalue weighted by molar-refractivity contribution is 0.919. The average molecular weight is 1140 g/mol. The van der Waals surface area contributed by atoms with Gasteiger partial charge in [-0.05, 0) is 222 Å². The van der Waals surface area contributed by atoms with E-state index in [-0.39, 0.29) is 0 Å². The van der Waals surface area contributed by atoms with E-state index in [0.717, 1.165) is 48.4 Å². The molecule has 86 heavy (non-hydrogen) atoms. The fourth-order valence-corrected chi connectivity index (χ4v) is 16.8. The second-order valence-corrected chi connectivity index (χ2v) is 26.2. The highest BCUT2D eigenvalue weighted by atomic mass is 32.1. The Morgan fingerprint density at radius 1 is 0.360 bits per heavy atom. The van der Waals surface area contributed by atoms with E-state index >= 15 is 0 Å². The van der Waals surface area contributed by atoms with E-state index in [9.17, 15) is 0 Å². The van der Waals surface area contributed by atoms with Gasteiger partial charge in [-0.2, -0.15) is 0 Å². The molecule has 14 aromatic rings. The van der Waals surface area contributed by atoms with Gasteiger partial charge in [-0.15, -0.1) is 22.7 Å². The van der Waals surface area contributed by atoms with Crippen LogP contribution in [-0.4, -0.2) is 0 Å². The van der Waals surface area contributed by atoms with Crippen molar-refractivity contribution in [3.05, 3.63) is 274 Å². The number of anilines is 5. The molecule has 2 heterocycles. The molecule has 2 nitrogen and oxygen atoms in total. The fourth-order valence-electron chi connectivity index (χ4n) is 14.2. The monoisotopic (exact) mass is 1140 g/mol. The first-order valence-corrected chi connectivity index (χ1v) is 32.0. The number of para-hydroxylation sites is 1. The van der Waals surface area contributed by atoms with Crippen LogP contribution in [0, 0.1) is 41.5 Å². The normalized spacial score (nSPS) is 13.3. The maximum atomic E-state index is 2.59. The van der Waals surface area contributed by atoms with Crippen molar-refractivity contribution >= 4 is 120 Å². The van der Waals surface area contributed by atoms with Gasteiger partial charge in [0.25, 0.3) is 0 Å². The molecule has 414 valence electrons. The van der Waals surface area contributed by atoms with Crippen LogP contribution in [-0.2, 0) is 6.42 Å². The highest BCUT2D eigenvalue weighted by molar-refractivity contribution is 7.26. The second-order valence-electron chi connectivity index (χ2n) is 24.0. The van der Waals surface area contributed by atoms with Gasteiger partial charge in [-0.3, -0.25) is 0 Å². The molecule has 2 aliphatic rings. The van der Waals surface area contributed by atoms with Crippen molar-refractivity contribution in [2.24, 2.45) is 0 Å². The van der Waals surface area contributed by atoms with Crippen LogP contribution in [0.15, 0.2) is 230 Å². The van der Waals surface area contributed by atoms with Gasteiger partial charge in [0.2, 0.25) is 0 Å². The molecule has 0 fully saturated rings. The molecule has 0 bridgehead atoms. The molecule has 16 rings (SSSR count). The Balaban J connectivity index is 0.958. The molecule has 4 heteroatoms. The summed E-state index contributed by atoms with van der Waals surface area (Å²) in [6, 6.07) is 76.8. The predicted molar refractivity (Wildman–Crippen MR) is 376 cm³/mol. The number of nitrogens with zero attached hydrogens (tertiary/aromatic N) is 2. The lowest BCUT2D eigenvalue weighted by Gasteiger charge is -2.32. The number of hydrogen-bond acceptors (Lipinski definition) is 4. The summed E-state index contributed by atoms with van der Waals surface area (Å²) >= 11 is 3.87. The first kappa shape index (κ1) is 52.3. The molecule has 0 N–H and O–H groups in total. The summed E-state index contributed by atoms with van der Waals surface area (Å²) < 4.78 is 4.02. The molecule has 0 radical (unpaired) electrons. The zero-order chi connectivity index (χ0) is 57.9. The minimum atomic E-state index is 0.927. The van der Waals surface area contributed by atoms with Gasteiger partial charge in [0.15, 0.2) is 0 Å². The molecule has 0 atom stereocenters. The van der Waals surface area contributed by atoms with Gasteiger partial charge in [0, 0.05) is 79.4 Å². The summed E-state index contributed by atoms with van der Waals surface area (Å²) in [6.45, 7) is 13.6. The quantitative estimate of drug-likeness (QED) is 0.126. The number of aryl methyl sites for hydroxylation is 5. The zero-order valence-corrected chi connectivity index (χ0v) is 51.1. The third-order valence-corrected chi connectivity index (χ3v) is 21.6. The van der Waals surface area contributed by atoms with Gasteiger partial charge < -0.3 is 9.80 Å². The first-order valence-electron chi connectivity index (χ1n) is 30.4. The number of hydrogen-bond donors (Lipinski definition) is 0. The Morgan fingerprint density at radius 2 is 0.860 bits per heavy atom. The van der Waals surface area contributed by atoms with E-state index in [0.29, 0.717) is 0 Å². The summed E-state index contributed by atoms with van der Waals surface area (Å²) in [5, 5.41) is 11.5. The number of allylic oxidation sites excluding steroid dienone is 5. The maximum Gasteiger partial charge on any atom is 0.0546 e. The minimum absolute atomic E-state index is 0.927. The van der Waals surface area contributed by atoms with Crippen LogP contribution in [0.2, 0.25) is 0 Å². The molecule has 12 aromatic carbocycles. The Labute approximate surface area is 511 Å². The Bertz CT molecular complexity index is 5120. The number of rotatable bonds is 10. The molecular formula is C82H64N2S2. The summed E-state index contributed by atoms with van der Waals surface area (Å²) in [5.41, 5.74) is 26.2. The van der Waals surface area contributed by atoms with Crippen molar-refractivity contribution in [3.63, 3.8) is 0 Å². The summed E-state index contributed by atoms with van der Waals surface area (Å²) in [5.74, 6) is 0. The third-order valence-electron chi connectivity index (χ3n) is 19.0. The SMILES string of the molecule is Cc1cc(-c2cc(N(C3=CC=CCC3)c3ccc(-c4cccc5c6c(sc45)CCC=C6)cc3)c3ccc4c(-c5cc(C)c(C)c(C)c5)cc(N(c5ccccc5)c5ccc(-c6cccc7c6sc6ccccc67)cc5)c5ccc2c3c45)cc(C)c1C. The number of thiophene rings is 2. The zero-order valence-electron chi connectivity index (χ0n) is 49.5. The van der Waals surface area contributed by atoms with Crippen molar-refractivity contribution in [2.45, 2.75) is 67.2 Å². The van der Waals surface area contributed by atoms with Crippen LogP contribution in [0.5, 0.6) is 0 Å². The predicted octanol–water partition coefficient (Wildman–Crippen LogP) is 24.5. The van der Waals surface area contributed by atoms with E-state index in [2.05, 4.69) is 282 Å². The van der Waals surface area contributed by atoms with Crippen molar-refractivity contribution in [3.8, 4) is 44.5 Å². The van der Waals surface area contributed by atoms with Crippen molar-refractivity contribution in [2.75, 3.05) is 9.80 Å². The summed E-state index contributed by atoms with van der Waals surface area (Å²) in [7, 11) is 0. The maximum absolute atomic E-state index is 2.59. The van der Waals surface area contributed by atoms with E-state index in [1.165, 1.54) is 162 Å². The fraction of sp³-hybridized carbons (Fsp3) is 0.122. The van der Waals surface area contributed by atoms with Crippen LogP contribution in [0.25, 0.3) is 113 Å². The standard InChI is InChI=1S/C82H64N2S2/c1-49-43-57(44-50(2)53(49)5)73-47-75(83(59-19-9-7-10-20-59)61-35-31-55(32-36-61)63-25-17-27-69-65-23-13-15-29-77(65)85-81(63)69)71-42-40-68-74(58-45-51(3)54(6)52(4)46-58)48-76(72-41-39-67(73)79(71)80(68)72)84(60-21-11-8-12-22-60)62-37-33-56(34-38-62)64-26-18-28-70-66-24-14-16-30-78(66)86-82(64)70/h7-11,13-15,17-21,23-29,31-48H,12,16,22,30H2,1-6H3. The molecule has 2 aromatic heterocycles. The minimum Gasteiger partial charge on any atom is -0.314 e. The molecule has 0 amide bonds. The molecule has 0 unspecified atom stereocenters. The highest BCUT2D eigenvalue weighted by Gasteiger charge is 2.28. The summed E-state index contributed by atoms with van der Waals surface area (Å²) in [4.78, 5) is 6.61. The van der Waals surface area contributed by atoms with Crippen LogP contribution < -0.4 is 9.80 Å². The van der Waals surface area contributed by atoms with Crippen molar-refractivity contribution < 1.29 is 0 Å². The largest absolute Gasteiger partial charge is 0.314 e. The number of fused-ring (bicyclic) bond motifs is 6. The molecule has 0 spiro atoms. The van der Waals surface area contributed by atoms with E-state index in [1.807, 2.05) is 22.7 Å². The van der Waals surface area contributed by atoms with Gasteiger partial charge in [0.1, 0.15) is 0 Å². The van der Waals surface area contributed by atoms with Crippen molar-refractivity contribution in [1.29, 1.82) is 0 Å². The summed E-state index contributed by atoms with van der Waals surface area (Å²) in [6.07, 6.45) is 15.7. The van der Waals surface area contributed by atoms with Crippen LogP contribution in [0.3, 0.4) is 0 Å². The van der Waals surface area contributed by atoms with Gasteiger partial charge in [-0.25, -0.2) is 0 Å². The molecule has 2 aliphatic carbocycles. The van der Waals surface area contributed by atoms with Crippen molar-refractivity contribution in [1.82, 2.24) is 0 Å². The molecular weight excluding hydrogens is 1080 g/mol. The van der Waals surface area contributed by atoms with Crippen LogP contribution in [0.1, 0.15) is 63.1 Å². The second kappa shape index (κ2) is 20.7. The lowest BCUT2D eigenvalue weighted by Crippen LogP contribution is -2.18. The lowest BCUT2D eigenvalue weighted by atomic mass is 9.84. The van der Waals surface area contributed by atoms with Gasteiger partial charge in [0.05, 0.1) is 11.4 Å². The number of benzene rings is 12. The van der Waals surface area contributed by atoms with Crippen LogP contribution in [0.4, 0.5) is 28.4 Å². The topological polar surface area (TPSA) is 6.48 Å². The molecule has 0 saturated carbocycles. The highest BCUT2D eigenvalue weighted by Crippen LogP contribution is 2.53. The molecule has 0 aliphatic heterocycles. The Morgan fingerprint density at radius 3 is 1.45 bits per heavy atom. The van der Waals surface area contributed by atoms with Gasteiger partial charge >= 0.3 is 0 Å². The Kier molecular flexibility index (Phi) is 12.6. The van der Waals surface area contributed by atoms with Gasteiger partial charge in [-0.1, -0.05) is 170 Å². The third kappa shape index (κ3) is 8.48. The first-order chi connectivity index (χ1) is 42.1. The smallest absolute Gasteiger partial charge is 0.0546 e. The average Bonchev–Trinajstić information content (AvgIpc) is 1.02. The molecule has 0 saturated heterocycles. The van der Waals surface area contributed by atoms with E-state index in [4.69, 9.17) is 0 Å².